The van der Waals surface area contributed by atoms with Gasteiger partial charge in [0.2, 0.25) is 10.0 Å². The van der Waals surface area contributed by atoms with Crippen LogP contribution < -0.4 is 4.72 Å². The van der Waals surface area contributed by atoms with E-state index in [0.29, 0.717) is 17.1 Å². The van der Waals surface area contributed by atoms with E-state index in [4.69, 9.17) is 4.52 Å². The summed E-state index contributed by atoms with van der Waals surface area (Å²) in [6.07, 6.45) is 1.64. The molecule has 1 N–H and O–H groups in total. The number of hydrogen-bond donors (Lipinski definition) is 1. The Bertz CT molecular complexity index is 854. The first-order valence-electron chi connectivity index (χ1n) is 7.41. The first-order valence-corrected chi connectivity index (χ1v) is 9.07. The molecule has 0 spiro atoms. The molecule has 7 heteroatoms. The van der Waals surface area contributed by atoms with Crippen molar-refractivity contribution >= 4 is 10.0 Å². The highest BCUT2D eigenvalue weighted by Crippen LogP contribution is 2.22. The summed E-state index contributed by atoms with van der Waals surface area (Å²) in [7, 11) is -3.64. The maximum absolute atomic E-state index is 12.5. The van der Waals surface area contributed by atoms with Crippen LogP contribution in [0.3, 0.4) is 0 Å². The lowest BCUT2D eigenvalue weighted by atomic mass is 10.0. The van der Waals surface area contributed by atoms with Crippen LogP contribution in [0.15, 0.2) is 65.3 Å². The third-order valence-corrected chi connectivity index (χ3v) is 4.68. The molecular weight excluding hydrogens is 326 g/mol. The predicted octanol–water partition coefficient (Wildman–Crippen LogP) is 2.59. The highest BCUT2D eigenvalue weighted by molar-refractivity contribution is 7.88. The zero-order valence-electron chi connectivity index (χ0n) is 13.1. The van der Waals surface area contributed by atoms with E-state index < -0.39 is 16.1 Å². The maximum atomic E-state index is 12.5. The Labute approximate surface area is 140 Å². The minimum Gasteiger partial charge on any atom is -0.360 e. The van der Waals surface area contributed by atoms with Gasteiger partial charge in [0, 0.05) is 12.3 Å². The van der Waals surface area contributed by atoms with Crippen molar-refractivity contribution in [1.82, 2.24) is 14.9 Å². The van der Waals surface area contributed by atoms with Gasteiger partial charge in [-0.05, 0) is 24.6 Å². The summed E-state index contributed by atoms with van der Waals surface area (Å²) < 4.78 is 32.8. The quantitative estimate of drug-likeness (QED) is 0.743. The minimum atomic E-state index is -3.64. The number of benzene rings is 1. The Morgan fingerprint density at radius 1 is 1.12 bits per heavy atom. The van der Waals surface area contributed by atoms with Crippen LogP contribution in [0.1, 0.15) is 28.8 Å². The van der Waals surface area contributed by atoms with Crippen molar-refractivity contribution in [2.24, 2.45) is 0 Å². The molecule has 0 radical (unpaired) electrons. The van der Waals surface area contributed by atoms with Crippen molar-refractivity contribution < 1.29 is 12.9 Å². The molecule has 0 amide bonds. The molecule has 124 valence electrons. The summed E-state index contributed by atoms with van der Waals surface area (Å²) in [5, 5.41) is 3.72. The molecule has 0 saturated carbocycles. The van der Waals surface area contributed by atoms with Gasteiger partial charge in [-0.1, -0.05) is 41.6 Å². The third kappa shape index (κ3) is 4.06. The van der Waals surface area contributed by atoms with E-state index in [9.17, 15) is 8.42 Å². The molecule has 0 aliphatic carbocycles. The molecule has 3 aromatic rings. The lowest BCUT2D eigenvalue weighted by Gasteiger charge is -2.18. The fourth-order valence-electron chi connectivity index (χ4n) is 2.38. The van der Waals surface area contributed by atoms with E-state index in [0.717, 1.165) is 5.56 Å². The second-order valence-electron chi connectivity index (χ2n) is 5.41. The Morgan fingerprint density at radius 2 is 1.88 bits per heavy atom. The average Bonchev–Trinajstić information content (AvgIpc) is 2.98. The molecular formula is C17H17N3O3S. The molecule has 1 atom stereocenters. The van der Waals surface area contributed by atoms with Gasteiger partial charge in [0.1, 0.15) is 5.75 Å². The van der Waals surface area contributed by atoms with E-state index in [1.54, 1.807) is 31.3 Å². The van der Waals surface area contributed by atoms with Gasteiger partial charge in [-0.25, -0.2) is 13.1 Å². The number of aryl methyl sites for hydroxylation is 1. The monoisotopic (exact) mass is 343 g/mol. The van der Waals surface area contributed by atoms with Gasteiger partial charge in [0.15, 0.2) is 5.76 Å². The van der Waals surface area contributed by atoms with Gasteiger partial charge in [-0.3, -0.25) is 4.98 Å². The normalized spacial score (nSPS) is 12.9. The van der Waals surface area contributed by atoms with Crippen LogP contribution in [-0.2, 0) is 15.8 Å². The zero-order chi connectivity index (χ0) is 17.0. The highest BCUT2D eigenvalue weighted by atomic mass is 32.2. The maximum Gasteiger partial charge on any atom is 0.219 e. The number of sulfonamides is 1. The molecule has 2 heterocycles. The Kier molecular flexibility index (Phi) is 4.73. The summed E-state index contributed by atoms with van der Waals surface area (Å²) in [6, 6.07) is 15.8. The first-order chi connectivity index (χ1) is 11.5. The zero-order valence-corrected chi connectivity index (χ0v) is 13.9. The van der Waals surface area contributed by atoms with Gasteiger partial charge in [0.25, 0.3) is 0 Å². The van der Waals surface area contributed by atoms with Gasteiger partial charge < -0.3 is 4.52 Å². The molecule has 24 heavy (non-hydrogen) atoms. The standard InChI is InChI=1S/C17H17N3O3S/c1-13-11-15(23-19-13)12-24(21,22)20-17(14-7-3-2-4-8-14)16-9-5-6-10-18-16/h2-11,17,20H,12H2,1H3/t17-/m0/s1. The van der Waals surface area contributed by atoms with Gasteiger partial charge in [-0.2, -0.15) is 0 Å². The van der Waals surface area contributed by atoms with E-state index in [1.165, 1.54) is 0 Å². The van der Waals surface area contributed by atoms with Crippen molar-refractivity contribution in [2.75, 3.05) is 0 Å². The van der Waals surface area contributed by atoms with Crippen LogP contribution in [0, 0.1) is 6.92 Å². The lowest BCUT2D eigenvalue weighted by Crippen LogP contribution is -2.31. The van der Waals surface area contributed by atoms with Crippen molar-refractivity contribution in [1.29, 1.82) is 0 Å². The lowest BCUT2D eigenvalue weighted by molar-refractivity contribution is 0.388. The number of nitrogens with one attached hydrogen (secondary N) is 1. The van der Waals surface area contributed by atoms with Crippen LogP contribution in [0.4, 0.5) is 0 Å². The summed E-state index contributed by atoms with van der Waals surface area (Å²) in [5.74, 6) is 0.0251. The number of pyridine rings is 1. The van der Waals surface area contributed by atoms with E-state index in [1.807, 2.05) is 36.4 Å². The summed E-state index contributed by atoms with van der Waals surface area (Å²) in [6.45, 7) is 1.74. The second kappa shape index (κ2) is 6.94. The summed E-state index contributed by atoms with van der Waals surface area (Å²) in [4.78, 5) is 4.29. The molecule has 6 nitrogen and oxygen atoms in total. The molecule has 1 aromatic carbocycles. The smallest absolute Gasteiger partial charge is 0.219 e. The third-order valence-electron chi connectivity index (χ3n) is 3.42. The number of aromatic nitrogens is 2. The van der Waals surface area contributed by atoms with Crippen LogP contribution >= 0.6 is 0 Å². The Hall–Kier alpha value is -2.51. The molecule has 0 aliphatic rings. The van der Waals surface area contributed by atoms with E-state index in [-0.39, 0.29) is 5.75 Å². The number of hydrogen-bond acceptors (Lipinski definition) is 5. The topological polar surface area (TPSA) is 85.1 Å². The molecule has 0 aliphatic heterocycles. The molecule has 0 unspecified atom stereocenters. The van der Waals surface area contributed by atoms with Crippen molar-refractivity contribution in [3.05, 3.63) is 83.5 Å². The summed E-state index contributed by atoms with van der Waals surface area (Å²) in [5.41, 5.74) is 2.08. The highest BCUT2D eigenvalue weighted by Gasteiger charge is 2.23. The molecule has 0 saturated heterocycles. The largest absolute Gasteiger partial charge is 0.360 e. The van der Waals surface area contributed by atoms with Crippen LogP contribution in [-0.4, -0.2) is 18.6 Å². The predicted molar refractivity (Wildman–Crippen MR) is 89.5 cm³/mol. The fourth-order valence-corrected chi connectivity index (χ4v) is 3.59. The molecule has 0 bridgehead atoms. The minimum absolute atomic E-state index is 0.274. The van der Waals surface area contributed by atoms with Gasteiger partial charge in [0.05, 0.1) is 17.4 Å². The molecule has 3 rings (SSSR count). The van der Waals surface area contributed by atoms with Crippen LogP contribution in [0.25, 0.3) is 0 Å². The van der Waals surface area contributed by atoms with Crippen molar-refractivity contribution in [2.45, 2.75) is 18.7 Å². The fraction of sp³-hybridized carbons (Fsp3) is 0.176. The Balaban J connectivity index is 1.89. The summed E-state index contributed by atoms with van der Waals surface area (Å²) >= 11 is 0. The van der Waals surface area contributed by atoms with E-state index >= 15 is 0 Å². The SMILES string of the molecule is Cc1cc(CS(=O)(=O)N[C@@H](c2ccccc2)c2ccccn2)on1. The first kappa shape index (κ1) is 16.4. The number of rotatable bonds is 6. The molecule has 2 aromatic heterocycles. The molecule has 0 fully saturated rings. The van der Waals surface area contributed by atoms with Crippen molar-refractivity contribution in [3.8, 4) is 0 Å². The van der Waals surface area contributed by atoms with Crippen molar-refractivity contribution in [3.63, 3.8) is 0 Å². The number of nitrogens with zero attached hydrogens (tertiary/aromatic N) is 2. The van der Waals surface area contributed by atoms with Crippen LogP contribution in [0.5, 0.6) is 0 Å². The van der Waals surface area contributed by atoms with E-state index in [2.05, 4.69) is 14.9 Å². The Morgan fingerprint density at radius 3 is 2.50 bits per heavy atom. The second-order valence-corrected chi connectivity index (χ2v) is 7.16. The van der Waals surface area contributed by atoms with Gasteiger partial charge in [-0.15, -0.1) is 0 Å². The van der Waals surface area contributed by atoms with Gasteiger partial charge >= 0.3 is 0 Å². The van der Waals surface area contributed by atoms with Crippen LogP contribution in [0.2, 0.25) is 0 Å². The average molecular weight is 343 g/mol.